The summed E-state index contributed by atoms with van der Waals surface area (Å²) < 4.78 is 0. The first-order valence-electron chi connectivity index (χ1n) is 4.07. The van der Waals surface area contributed by atoms with Crippen LogP contribution in [0.4, 0.5) is 0 Å². The largest absolute Gasteiger partial charge is 0.388 e. The predicted octanol–water partition coefficient (Wildman–Crippen LogP) is 2.17. The molecule has 0 aromatic heterocycles. The van der Waals surface area contributed by atoms with Gasteiger partial charge in [-0.25, -0.2) is 0 Å². The molecule has 1 aromatic rings. The first-order valence-corrected chi connectivity index (χ1v) is 4.07. The highest BCUT2D eigenvalue weighted by Gasteiger charge is 2.04. The molecule has 1 rings (SSSR count). The summed E-state index contributed by atoms with van der Waals surface area (Å²) in [5, 5.41) is 9.48. The van der Waals surface area contributed by atoms with E-state index in [1.165, 1.54) is 0 Å². The maximum Gasteiger partial charge on any atom is 0.0785 e. The molecule has 0 saturated carbocycles. The van der Waals surface area contributed by atoms with Crippen molar-refractivity contribution in [3.05, 3.63) is 48.0 Å². The second-order valence-corrected chi connectivity index (χ2v) is 3.05. The van der Waals surface area contributed by atoms with E-state index in [4.69, 9.17) is 0 Å². The zero-order valence-electron chi connectivity index (χ0n) is 7.33. The summed E-state index contributed by atoms with van der Waals surface area (Å²) in [6.07, 6.45) is 0.253. The highest BCUT2D eigenvalue weighted by molar-refractivity contribution is 5.17. The predicted molar refractivity (Wildman–Crippen MR) is 51.0 cm³/mol. The summed E-state index contributed by atoms with van der Waals surface area (Å²) in [5.74, 6) is 0. The van der Waals surface area contributed by atoms with Gasteiger partial charge in [-0.3, -0.25) is 0 Å². The summed E-state index contributed by atoms with van der Waals surface area (Å²) in [4.78, 5) is 0. The Hall–Kier alpha value is -1.08. The Labute approximate surface area is 73.4 Å². The van der Waals surface area contributed by atoms with Crippen LogP contribution in [-0.2, 0) is 6.42 Å². The molecule has 0 aliphatic carbocycles. The zero-order chi connectivity index (χ0) is 8.97. The first kappa shape index (κ1) is 9.01. The van der Waals surface area contributed by atoms with E-state index in [-0.39, 0.29) is 0 Å². The van der Waals surface area contributed by atoms with Crippen LogP contribution in [0.2, 0.25) is 0 Å². The first-order chi connectivity index (χ1) is 5.70. The van der Waals surface area contributed by atoms with Crippen molar-refractivity contribution in [3.8, 4) is 0 Å². The molecule has 1 nitrogen and oxygen atoms in total. The molecule has 1 N–H and O–H groups in total. The van der Waals surface area contributed by atoms with Gasteiger partial charge < -0.3 is 5.11 Å². The van der Waals surface area contributed by atoms with Gasteiger partial charge in [0.2, 0.25) is 0 Å². The lowest BCUT2D eigenvalue weighted by Gasteiger charge is -2.09. The monoisotopic (exact) mass is 162 g/mol. The number of benzene rings is 1. The molecule has 0 saturated heterocycles. The van der Waals surface area contributed by atoms with Crippen LogP contribution in [0.15, 0.2) is 42.5 Å². The molecule has 0 aliphatic rings. The molecule has 0 radical (unpaired) electrons. The number of hydrogen-bond acceptors (Lipinski definition) is 1. The van der Waals surface area contributed by atoms with Gasteiger partial charge in [-0.1, -0.05) is 42.5 Å². The van der Waals surface area contributed by atoms with E-state index < -0.39 is 6.10 Å². The third kappa shape index (κ3) is 2.51. The maximum absolute atomic E-state index is 9.48. The molecular weight excluding hydrogens is 148 g/mol. The highest BCUT2D eigenvalue weighted by atomic mass is 16.3. The normalized spacial score (nSPS) is 12.5. The second kappa shape index (κ2) is 4.07. The quantitative estimate of drug-likeness (QED) is 0.675. The van der Waals surface area contributed by atoms with Crippen LogP contribution in [0, 0.1) is 0 Å². The van der Waals surface area contributed by atoms with Gasteiger partial charge in [0.15, 0.2) is 0 Å². The molecule has 1 atom stereocenters. The summed E-state index contributed by atoms with van der Waals surface area (Å²) >= 11 is 0. The van der Waals surface area contributed by atoms with Crippen LogP contribution < -0.4 is 0 Å². The Bertz CT molecular complexity index is 251. The molecule has 0 unspecified atom stereocenters. The molecule has 0 bridgehead atoms. The molecule has 0 spiro atoms. The third-order valence-electron chi connectivity index (χ3n) is 1.84. The van der Waals surface area contributed by atoms with Crippen molar-refractivity contribution in [1.29, 1.82) is 0 Å². The molecule has 0 fully saturated rings. The molecule has 0 heterocycles. The van der Waals surface area contributed by atoms with Gasteiger partial charge in [-0.15, -0.1) is 0 Å². The lowest BCUT2D eigenvalue weighted by atomic mass is 10.0. The van der Waals surface area contributed by atoms with Gasteiger partial charge in [0.05, 0.1) is 6.10 Å². The Morgan fingerprint density at radius 3 is 2.50 bits per heavy atom. The van der Waals surface area contributed by atoms with Crippen LogP contribution >= 0.6 is 0 Å². The van der Waals surface area contributed by atoms with Crippen molar-refractivity contribution in [2.24, 2.45) is 0 Å². The van der Waals surface area contributed by atoms with Gasteiger partial charge in [-0.2, -0.15) is 0 Å². The number of aliphatic hydroxyl groups is 1. The summed E-state index contributed by atoms with van der Waals surface area (Å²) in [5.41, 5.74) is 1.96. The van der Waals surface area contributed by atoms with E-state index in [1.807, 2.05) is 37.3 Å². The van der Waals surface area contributed by atoms with Crippen molar-refractivity contribution >= 4 is 0 Å². The van der Waals surface area contributed by atoms with Crippen LogP contribution in [0.25, 0.3) is 0 Å². The van der Waals surface area contributed by atoms with Gasteiger partial charge in [0.25, 0.3) is 0 Å². The average molecular weight is 162 g/mol. The van der Waals surface area contributed by atoms with Crippen LogP contribution in [-0.4, -0.2) is 11.2 Å². The van der Waals surface area contributed by atoms with E-state index in [0.29, 0.717) is 6.42 Å². The minimum atomic E-state index is -0.410. The van der Waals surface area contributed by atoms with Crippen molar-refractivity contribution < 1.29 is 5.11 Å². The van der Waals surface area contributed by atoms with E-state index in [9.17, 15) is 5.11 Å². The van der Waals surface area contributed by atoms with Crippen LogP contribution in [0.5, 0.6) is 0 Å². The fraction of sp³-hybridized carbons (Fsp3) is 0.273. The Morgan fingerprint density at radius 2 is 2.00 bits per heavy atom. The standard InChI is InChI=1S/C11H14O/c1-9(2)11(12)8-10-6-4-3-5-7-10/h3-7,11-12H,1,8H2,2H3/t11-/m1/s1. The maximum atomic E-state index is 9.48. The van der Waals surface area contributed by atoms with Gasteiger partial charge in [-0.05, 0) is 12.5 Å². The molecule has 1 aromatic carbocycles. The SMILES string of the molecule is C=C(C)[C@H](O)Cc1ccccc1. The highest BCUT2D eigenvalue weighted by Crippen LogP contribution is 2.07. The fourth-order valence-electron chi connectivity index (χ4n) is 1.01. The van der Waals surface area contributed by atoms with Crippen molar-refractivity contribution in [3.63, 3.8) is 0 Å². The minimum Gasteiger partial charge on any atom is -0.388 e. The fourth-order valence-corrected chi connectivity index (χ4v) is 1.01. The van der Waals surface area contributed by atoms with Crippen molar-refractivity contribution in [1.82, 2.24) is 0 Å². The number of hydrogen-bond donors (Lipinski definition) is 1. The van der Waals surface area contributed by atoms with E-state index in [0.717, 1.165) is 11.1 Å². The Kier molecular flexibility index (Phi) is 3.06. The number of rotatable bonds is 3. The van der Waals surface area contributed by atoms with Crippen LogP contribution in [0.1, 0.15) is 12.5 Å². The lowest BCUT2D eigenvalue weighted by Crippen LogP contribution is -2.10. The average Bonchev–Trinajstić information content (AvgIpc) is 2.06. The molecule has 0 aliphatic heterocycles. The zero-order valence-corrected chi connectivity index (χ0v) is 7.33. The topological polar surface area (TPSA) is 20.2 Å². The molecular formula is C11H14O. The summed E-state index contributed by atoms with van der Waals surface area (Å²) in [6.45, 7) is 5.54. The van der Waals surface area contributed by atoms with Gasteiger partial charge >= 0.3 is 0 Å². The van der Waals surface area contributed by atoms with Crippen LogP contribution in [0.3, 0.4) is 0 Å². The second-order valence-electron chi connectivity index (χ2n) is 3.05. The van der Waals surface area contributed by atoms with Crippen molar-refractivity contribution in [2.75, 3.05) is 0 Å². The Balaban J connectivity index is 2.58. The van der Waals surface area contributed by atoms with E-state index in [1.54, 1.807) is 0 Å². The molecule has 12 heavy (non-hydrogen) atoms. The molecule has 1 heteroatoms. The Morgan fingerprint density at radius 1 is 1.42 bits per heavy atom. The van der Waals surface area contributed by atoms with Crippen molar-refractivity contribution in [2.45, 2.75) is 19.4 Å². The van der Waals surface area contributed by atoms with E-state index >= 15 is 0 Å². The minimum absolute atomic E-state index is 0.410. The van der Waals surface area contributed by atoms with Gasteiger partial charge in [0, 0.05) is 6.42 Å². The third-order valence-corrected chi connectivity index (χ3v) is 1.84. The molecule has 64 valence electrons. The lowest BCUT2D eigenvalue weighted by molar-refractivity contribution is 0.212. The van der Waals surface area contributed by atoms with E-state index in [2.05, 4.69) is 6.58 Å². The summed E-state index contributed by atoms with van der Waals surface area (Å²) in [6, 6.07) is 9.93. The van der Waals surface area contributed by atoms with Gasteiger partial charge in [0.1, 0.15) is 0 Å². The summed E-state index contributed by atoms with van der Waals surface area (Å²) in [7, 11) is 0. The smallest absolute Gasteiger partial charge is 0.0785 e. The number of aliphatic hydroxyl groups excluding tert-OH is 1. The molecule has 0 amide bonds.